The van der Waals surface area contributed by atoms with Crippen molar-refractivity contribution in [3.63, 3.8) is 0 Å². The second-order valence-corrected chi connectivity index (χ2v) is 11.8. The van der Waals surface area contributed by atoms with Gasteiger partial charge >= 0.3 is 5.97 Å². The van der Waals surface area contributed by atoms with Crippen LogP contribution in [0, 0.1) is 23.7 Å². The number of thioether (sulfide) groups is 1. The average Bonchev–Trinajstić information content (AvgIpc) is 3.41. The van der Waals surface area contributed by atoms with Gasteiger partial charge in [-0.1, -0.05) is 20.8 Å². The number of benzene rings is 1. The number of hydrogen-bond acceptors (Lipinski definition) is 7. The van der Waals surface area contributed by atoms with E-state index >= 15 is 0 Å². The molecule has 0 saturated carbocycles. The summed E-state index contributed by atoms with van der Waals surface area (Å²) >= 11 is 1.60. The Kier molecular flexibility index (Phi) is 7.38. The van der Waals surface area contributed by atoms with E-state index in [1.54, 1.807) is 55.0 Å². The zero-order chi connectivity index (χ0) is 25.5. The molecule has 3 aliphatic heterocycles. The van der Waals surface area contributed by atoms with Crippen LogP contribution in [0.5, 0.6) is 5.75 Å². The number of methoxy groups -OCH3 is 1. The van der Waals surface area contributed by atoms with Gasteiger partial charge in [-0.25, -0.2) is 0 Å². The second kappa shape index (κ2) is 10.0. The smallest absolute Gasteiger partial charge is 0.310 e. The summed E-state index contributed by atoms with van der Waals surface area (Å²) in [5.74, 6) is -1.17. The minimum absolute atomic E-state index is 0.0483. The number of rotatable bonds is 9. The van der Waals surface area contributed by atoms with Crippen LogP contribution in [0.3, 0.4) is 0 Å². The second-order valence-electron chi connectivity index (χ2n) is 10.2. The Morgan fingerprint density at radius 3 is 2.54 bits per heavy atom. The first-order chi connectivity index (χ1) is 16.7. The number of aliphatic hydroxyl groups is 1. The molecule has 3 saturated heterocycles. The van der Waals surface area contributed by atoms with Gasteiger partial charge in [-0.3, -0.25) is 14.4 Å². The summed E-state index contributed by atoms with van der Waals surface area (Å²) in [5, 5.41) is 13.3. The van der Waals surface area contributed by atoms with Crippen molar-refractivity contribution in [2.75, 3.05) is 25.6 Å². The van der Waals surface area contributed by atoms with Crippen molar-refractivity contribution in [2.45, 2.75) is 62.6 Å². The van der Waals surface area contributed by atoms with Crippen molar-refractivity contribution in [2.24, 2.45) is 23.7 Å². The highest BCUT2D eigenvalue weighted by Crippen LogP contribution is 2.69. The number of hydrogen-bond donors (Lipinski definition) is 2. The lowest BCUT2D eigenvalue weighted by molar-refractivity contribution is -0.154. The van der Waals surface area contributed by atoms with Crippen LogP contribution in [0.1, 0.15) is 40.5 Å². The predicted octanol–water partition coefficient (Wildman–Crippen LogP) is 2.94. The van der Waals surface area contributed by atoms with Crippen LogP contribution in [-0.2, 0) is 19.1 Å². The summed E-state index contributed by atoms with van der Waals surface area (Å²) in [6, 6.07) is 5.73. The molecule has 2 amide bonds. The Hall–Kier alpha value is -2.26. The quantitative estimate of drug-likeness (QED) is 0.498. The molecule has 3 unspecified atom stereocenters. The molecule has 1 aromatic carbocycles. The zero-order valence-electron chi connectivity index (χ0n) is 21.0. The molecular formula is C26H36N2O6S. The topological polar surface area (TPSA) is 105 Å². The number of ether oxygens (including phenoxy) is 2. The first-order valence-electron chi connectivity index (χ1n) is 12.4. The van der Waals surface area contributed by atoms with Crippen molar-refractivity contribution in [1.29, 1.82) is 0 Å². The number of nitrogens with one attached hydrogen (secondary N) is 1. The van der Waals surface area contributed by atoms with E-state index in [1.165, 1.54) is 0 Å². The molecule has 8 nitrogen and oxygen atoms in total. The van der Waals surface area contributed by atoms with Crippen LogP contribution in [0.4, 0.5) is 5.69 Å². The van der Waals surface area contributed by atoms with Gasteiger partial charge in [-0.2, -0.15) is 0 Å². The minimum atomic E-state index is -0.803. The summed E-state index contributed by atoms with van der Waals surface area (Å²) in [6.07, 6.45) is 1.30. The fourth-order valence-corrected chi connectivity index (χ4v) is 8.76. The van der Waals surface area contributed by atoms with Gasteiger partial charge < -0.3 is 24.8 Å². The molecule has 0 radical (unpaired) electrons. The van der Waals surface area contributed by atoms with E-state index in [9.17, 15) is 19.5 Å². The van der Waals surface area contributed by atoms with Gasteiger partial charge in [0, 0.05) is 10.9 Å². The lowest BCUT2D eigenvalue weighted by Crippen LogP contribution is -2.57. The molecular weight excluding hydrogens is 468 g/mol. The van der Waals surface area contributed by atoms with E-state index in [4.69, 9.17) is 9.47 Å². The molecule has 0 aliphatic carbocycles. The Bertz CT molecular complexity index is 969. The molecule has 192 valence electrons. The molecule has 9 heteroatoms. The van der Waals surface area contributed by atoms with Gasteiger partial charge in [-0.15, -0.1) is 11.8 Å². The molecule has 3 fully saturated rings. The van der Waals surface area contributed by atoms with Crippen molar-refractivity contribution in [1.82, 2.24) is 4.90 Å². The maximum Gasteiger partial charge on any atom is 0.310 e. The van der Waals surface area contributed by atoms with Gasteiger partial charge in [0.1, 0.15) is 11.8 Å². The third kappa shape index (κ3) is 4.20. The fraction of sp³-hybridized carbons (Fsp3) is 0.654. The van der Waals surface area contributed by atoms with Crippen molar-refractivity contribution < 1.29 is 29.0 Å². The lowest BCUT2D eigenvalue weighted by atomic mass is 9.66. The van der Waals surface area contributed by atoms with Crippen LogP contribution in [0.2, 0.25) is 0 Å². The summed E-state index contributed by atoms with van der Waals surface area (Å²) < 4.78 is 9.84. The number of aliphatic hydroxyl groups excluding tert-OH is 1. The van der Waals surface area contributed by atoms with Gasteiger partial charge in [0.2, 0.25) is 11.8 Å². The maximum atomic E-state index is 14.1. The Labute approximate surface area is 211 Å². The average molecular weight is 505 g/mol. The van der Waals surface area contributed by atoms with Crippen molar-refractivity contribution >= 4 is 35.2 Å². The predicted molar refractivity (Wildman–Crippen MR) is 134 cm³/mol. The van der Waals surface area contributed by atoms with Crippen LogP contribution >= 0.6 is 11.8 Å². The molecule has 2 N–H and O–H groups in total. The first-order valence-corrected chi connectivity index (χ1v) is 13.3. The number of anilines is 1. The monoisotopic (exact) mass is 504 g/mol. The third-order valence-corrected chi connectivity index (χ3v) is 9.77. The summed E-state index contributed by atoms with van der Waals surface area (Å²) in [5.41, 5.74) is 0.597. The van der Waals surface area contributed by atoms with Crippen LogP contribution in [-0.4, -0.2) is 70.2 Å². The van der Waals surface area contributed by atoms with Crippen molar-refractivity contribution in [3.8, 4) is 5.75 Å². The van der Waals surface area contributed by atoms with E-state index in [-0.39, 0.29) is 48.1 Å². The molecule has 1 aromatic rings. The van der Waals surface area contributed by atoms with E-state index in [2.05, 4.69) is 12.2 Å². The van der Waals surface area contributed by atoms with Gasteiger partial charge in [0.05, 0.1) is 42.9 Å². The molecule has 0 aromatic heterocycles. The summed E-state index contributed by atoms with van der Waals surface area (Å²) in [6.45, 7) is 7.88. The number of carbonyl (C=O) groups excluding carboxylic acids is 3. The number of likely N-dealkylation sites (tertiary alicyclic amines) is 1. The normalized spacial score (nSPS) is 32.0. The highest BCUT2D eigenvalue weighted by atomic mass is 32.2. The molecule has 35 heavy (non-hydrogen) atoms. The number of fused-ring (bicyclic) bond motifs is 1. The molecule has 2 bridgehead atoms. The number of esters is 1. The molecule has 7 atom stereocenters. The van der Waals surface area contributed by atoms with E-state index in [0.29, 0.717) is 17.9 Å². The number of amides is 2. The molecule has 3 heterocycles. The Balaban J connectivity index is 1.76. The molecule has 4 rings (SSSR count). The highest BCUT2D eigenvalue weighted by Gasteiger charge is 2.76. The standard InChI is InChI=1S/C26H36N2O6S/c1-6-34-25(32)20-19-12-15(4)26(35-19)21(20)24(31)28(17(13-29)11-14(2)3)22(26)23(30)27-16-7-9-18(33-5)10-8-16/h7-10,14-15,17,19-22,29H,6,11-13H2,1-5H3,(H,27,30)/t15?,17-,19-,20+,21+,22?,26?/m1/s1. The van der Waals surface area contributed by atoms with Gasteiger partial charge in [-0.05, 0) is 55.9 Å². The first kappa shape index (κ1) is 25.8. The van der Waals surface area contributed by atoms with E-state index < -0.39 is 28.7 Å². The third-order valence-electron chi connectivity index (χ3n) is 7.70. The van der Waals surface area contributed by atoms with Gasteiger partial charge in [0.25, 0.3) is 0 Å². The summed E-state index contributed by atoms with van der Waals surface area (Å²) in [4.78, 5) is 42.6. The van der Waals surface area contributed by atoms with Crippen molar-refractivity contribution in [3.05, 3.63) is 24.3 Å². The zero-order valence-corrected chi connectivity index (χ0v) is 21.8. The van der Waals surface area contributed by atoms with Gasteiger partial charge in [0.15, 0.2) is 0 Å². The Morgan fingerprint density at radius 2 is 1.97 bits per heavy atom. The number of nitrogens with zero attached hydrogens (tertiary/aromatic N) is 1. The maximum absolute atomic E-state index is 14.1. The van der Waals surface area contributed by atoms with Crippen LogP contribution < -0.4 is 10.1 Å². The fourth-order valence-electron chi connectivity index (χ4n) is 6.36. The molecule has 3 aliphatic rings. The highest BCUT2D eigenvalue weighted by molar-refractivity contribution is 8.02. The molecule has 1 spiro atoms. The van der Waals surface area contributed by atoms with Crippen LogP contribution in [0.15, 0.2) is 24.3 Å². The Morgan fingerprint density at radius 1 is 1.29 bits per heavy atom. The van der Waals surface area contributed by atoms with E-state index in [1.807, 2.05) is 13.8 Å². The van der Waals surface area contributed by atoms with E-state index in [0.717, 1.165) is 6.42 Å². The SMILES string of the molecule is CCOC(=O)[C@@H]1[C@H]2C(=O)N([C@@H](CO)CC(C)C)C(C(=O)Nc3ccc(OC)cc3)C23S[C@@H]1CC3C. The van der Waals surface area contributed by atoms with Crippen LogP contribution in [0.25, 0.3) is 0 Å². The lowest BCUT2D eigenvalue weighted by Gasteiger charge is -2.40. The summed E-state index contributed by atoms with van der Waals surface area (Å²) in [7, 11) is 1.58. The number of carbonyl (C=O) groups is 3. The largest absolute Gasteiger partial charge is 0.497 e. The minimum Gasteiger partial charge on any atom is -0.497 e.